The Bertz CT molecular complexity index is 561. The quantitative estimate of drug-likeness (QED) is 0.805. The van der Waals surface area contributed by atoms with E-state index in [-0.39, 0.29) is 0 Å². The van der Waals surface area contributed by atoms with E-state index in [2.05, 4.69) is 41.8 Å². The second kappa shape index (κ2) is 7.17. The highest BCUT2D eigenvalue weighted by Crippen LogP contribution is 2.38. The van der Waals surface area contributed by atoms with Crippen LogP contribution < -0.4 is 0 Å². The van der Waals surface area contributed by atoms with Gasteiger partial charge in [-0.3, -0.25) is 9.80 Å². The van der Waals surface area contributed by atoms with Gasteiger partial charge in [-0.1, -0.05) is 43.0 Å². The lowest BCUT2D eigenvalue weighted by Crippen LogP contribution is -2.59. The number of nitrogens with zero attached hydrogens (tertiary/aromatic N) is 2. The molecule has 132 valence electrons. The number of fused-ring (bicyclic) bond motifs is 1. The van der Waals surface area contributed by atoms with Crippen LogP contribution >= 0.6 is 0 Å². The zero-order chi connectivity index (χ0) is 16.5. The fourth-order valence-electron chi connectivity index (χ4n) is 5.63. The summed E-state index contributed by atoms with van der Waals surface area (Å²) in [5.74, 6) is 0.940. The van der Waals surface area contributed by atoms with Gasteiger partial charge in [-0.05, 0) is 63.1 Å². The Morgan fingerprint density at radius 1 is 0.917 bits per heavy atom. The minimum Gasteiger partial charge on any atom is -0.298 e. The molecule has 24 heavy (non-hydrogen) atoms. The Kier molecular flexibility index (Phi) is 4.96. The van der Waals surface area contributed by atoms with Crippen LogP contribution in [0.3, 0.4) is 0 Å². The van der Waals surface area contributed by atoms with Crippen molar-refractivity contribution in [3.05, 3.63) is 34.9 Å². The molecule has 0 unspecified atom stereocenters. The molecular weight excluding hydrogens is 292 g/mol. The summed E-state index contributed by atoms with van der Waals surface area (Å²) in [4.78, 5) is 5.70. The zero-order valence-corrected chi connectivity index (χ0v) is 15.6. The van der Waals surface area contributed by atoms with E-state index in [9.17, 15) is 0 Å². The molecule has 1 aromatic carbocycles. The van der Waals surface area contributed by atoms with Crippen LogP contribution in [0, 0.1) is 19.8 Å². The molecule has 2 nitrogen and oxygen atoms in total. The minimum atomic E-state index is 0.807. The SMILES string of the molecule is Cc1ccc(C)c(CN2CCN3CCC[C@@H]3[C@@H]2C2CCCCC2)c1. The summed E-state index contributed by atoms with van der Waals surface area (Å²) in [6.45, 7) is 9.60. The van der Waals surface area contributed by atoms with Crippen molar-refractivity contribution in [3.8, 4) is 0 Å². The fourth-order valence-corrected chi connectivity index (χ4v) is 5.63. The molecule has 0 spiro atoms. The molecule has 0 amide bonds. The van der Waals surface area contributed by atoms with Gasteiger partial charge >= 0.3 is 0 Å². The largest absolute Gasteiger partial charge is 0.298 e. The van der Waals surface area contributed by atoms with Crippen molar-refractivity contribution in [1.29, 1.82) is 0 Å². The number of aryl methyl sites for hydroxylation is 2. The van der Waals surface area contributed by atoms with Gasteiger partial charge in [0.15, 0.2) is 0 Å². The highest BCUT2D eigenvalue weighted by molar-refractivity contribution is 5.30. The predicted molar refractivity (Wildman–Crippen MR) is 101 cm³/mol. The average molecular weight is 327 g/mol. The lowest BCUT2D eigenvalue weighted by Gasteiger charge is -2.49. The van der Waals surface area contributed by atoms with Gasteiger partial charge < -0.3 is 0 Å². The Morgan fingerprint density at radius 3 is 2.58 bits per heavy atom. The number of rotatable bonds is 3. The van der Waals surface area contributed by atoms with E-state index < -0.39 is 0 Å². The van der Waals surface area contributed by atoms with E-state index in [1.807, 2.05) is 0 Å². The van der Waals surface area contributed by atoms with E-state index in [1.54, 1.807) is 5.56 Å². The van der Waals surface area contributed by atoms with E-state index in [4.69, 9.17) is 0 Å². The molecule has 2 aliphatic heterocycles. The number of hydrogen-bond acceptors (Lipinski definition) is 2. The molecule has 0 radical (unpaired) electrons. The van der Waals surface area contributed by atoms with Crippen LogP contribution in [0.5, 0.6) is 0 Å². The molecule has 3 aliphatic rings. The van der Waals surface area contributed by atoms with Gasteiger partial charge in [0.05, 0.1) is 0 Å². The maximum Gasteiger partial charge on any atom is 0.0283 e. The summed E-state index contributed by atoms with van der Waals surface area (Å²) < 4.78 is 0. The van der Waals surface area contributed by atoms with Gasteiger partial charge in [-0.25, -0.2) is 0 Å². The van der Waals surface area contributed by atoms with Crippen LogP contribution in [0.4, 0.5) is 0 Å². The summed E-state index contributed by atoms with van der Waals surface area (Å²) in [6.07, 6.45) is 10.2. The third-order valence-corrected chi connectivity index (χ3v) is 6.92. The molecule has 3 fully saturated rings. The third kappa shape index (κ3) is 3.28. The van der Waals surface area contributed by atoms with Gasteiger partial charge in [0, 0.05) is 31.7 Å². The van der Waals surface area contributed by atoms with Gasteiger partial charge in [0.25, 0.3) is 0 Å². The normalized spacial score (nSPS) is 29.8. The minimum absolute atomic E-state index is 0.807. The summed E-state index contributed by atoms with van der Waals surface area (Å²) in [5.41, 5.74) is 4.43. The molecule has 2 atom stereocenters. The first kappa shape index (κ1) is 16.6. The Labute approximate surface area is 148 Å². The highest BCUT2D eigenvalue weighted by Gasteiger charge is 2.42. The standard InChI is InChI=1S/C22H34N2/c1-17-10-11-18(2)20(15-17)16-24-14-13-23-12-6-9-21(23)22(24)19-7-4-3-5-8-19/h10-11,15,19,21-22H,3-9,12-14,16H2,1-2H3/t21-,22+/m1/s1. The molecule has 0 bridgehead atoms. The smallest absolute Gasteiger partial charge is 0.0283 e. The molecular formula is C22H34N2. The van der Waals surface area contributed by atoms with E-state index in [1.165, 1.54) is 82.3 Å². The topological polar surface area (TPSA) is 6.48 Å². The van der Waals surface area contributed by atoms with Gasteiger partial charge in [-0.15, -0.1) is 0 Å². The van der Waals surface area contributed by atoms with Gasteiger partial charge in [-0.2, -0.15) is 0 Å². The number of benzene rings is 1. The molecule has 2 heteroatoms. The number of piperazine rings is 1. The van der Waals surface area contributed by atoms with E-state index >= 15 is 0 Å². The molecule has 2 heterocycles. The summed E-state index contributed by atoms with van der Waals surface area (Å²) >= 11 is 0. The molecule has 1 aromatic rings. The van der Waals surface area contributed by atoms with Crippen molar-refractivity contribution in [1.82, 2.24) is 9.80 Å². The summed E-state index contributed by atoms with van der Waals surface area (Å²) in [7, 11) is 0. The van der Waals surface area contributed by atoms with Crippen LogP contribution in [0.1, 0.15) is 61.6 Å². The van der Waals surface area contributed by atoms with Crippen molar-refractivity contribution in [3.63, 3.8) is 0 Å². The lowest BCUT2D eigenvalue weighted by atomic mass is 9.78. The second-order valence-electron chi connectivity index (χ2n) is 8.53. The van der Waals surface area contributed by atoms with Crippen LogP contribution in [0.2, 0.25) is 0 Å². The molecule has 4 rings (SSSR count). The molecule has 0 aromatic heterocycles. The summed E-state index contributed by atoms with van der Waals surface area (Å²) in [5, 5.41) is 0. The Morgan fingerprint density at radius 2 is 1.75 bits per heavy atom. The third-order valence-electron chi connectivity index (χ3n) is 6.92. The molecule has 1 aliphatic carbocycles. The van der Waals surface area contributed by atoms with Crippen molar-refractivity contribution in [2.75, 3.05) is 19.6 Å². The van der Waals surface area contributed by atoms with Crippen molar-refractivity contribution < 1.29 is 0 Å². The second-order valence-corrected chi connectivity index (χ2v) is 8.53. The van der Waals surface area contributed by atoms with E-state index in [0.29, 0.717) is 0 Å². The summed E-state index contributed by atoms with van der Waals surface area (Å²) in [6, 6.07) is 8.64. The Balaban J connectivity index is 1.58. The van der Waals surface area contributed by atoms with Crippen molar-refractivity contribution >= 4 is 0 Å². The zero-order valence-electron chi connectivity index (χ0n) is 15.6. The average Bonchev–Trinajstić information content (AvgIpc) is 3.07. The van der Waals surface area contributed by atoms with Crippen molar-refractivity contribution in [2.45, 2.75) is 77.4 Å². The lowest BCUT2D eigenvalue weighted by molar-refractivity contribution is -0.00389. The van der Waals surface area contributed by atoms with Crippen LogP contribution in [0.25, 0.3) is 0 Å². The maximum absolute atomic E-state index is 2.88. The molecule has 0 N–H and O–H groups in total. The maximum atomic E-state index is 2.88. The first-order chi connectivity index (χ1) is 11.7. The van der Waals surface area contributed by atoms with Gasteiger partial charge in [0.1, 0.15) is 0 Å². The predicted octanol–water partition coefficient (Wildman–Crippen LogP) is 4.53. The fraction of sp³-hybridized carbons (Fsp3) is 0.727. The Hall–Kier alpha value is -0.860. The van der Waals surface area contributed by atoms with Crippen LogP contribution in [0.15, 0.2) is 18.2 Å². The monoisotopic (exact) mass is 326 g/mol. The first-order valence-electron chi connectivity index (χ1n) is 10.3. The molecule has 2 saturated heterocycles. The van der Waals surface area contributed by atoms with Crippen molar-refractivity contribution in [2.24, 2.45) is 5.92 Å². The van der Waals surface area contributed by atoms with Crippen LogP contribution in [-0.4, -0.2) is 41.5 Å². The van der Waals surface area contributed by atoms with Gasteiger partial charge in [0.2, 0.25) is 0 Å². The van der Waals surface area contributed by atoms with E-state index in [0.717, 1.165) is 18.0 Å². The first-order valence-corrected chi connectivity index (χ1v) is 10.3. The number of hydrogen-bond donors (Lipinski definition) is 0. The van der Waals surface area contributed by atoms with Crippen LogP contribution in [-0.2, 0) is 6.54 Å². The molecule has 1 saturated carbocycles. The highest BCUT2D eigenvalue weighted by atomic mass is 15.3.